The fourth-order valence-corrected chi connectivity index (χ4v) is 3.18. The average Bonchev–Trinajstić information content (AvgIpc) is 2.59. The van der Waals surface area contributed by atoms with Gasteiger partial charge >= 0.3 is 0 Å². The normalized spacial score (nSPS) is 13.4. The van der Waals surface area contributed by atoms with Gasteiger partial charge in [0.15, 0.2) is 11.6 Å². The topological polar surface area (TPSA) is 34.1 Å². The highest BCUT2D eigenvalue weighted by molar-refractivity contribution is 9.10. The van der Waals surface area contributed by atoms with Crippen LogP contribution in [-0.2, 0) is 0 Å². The van der Waals surface area contributed by atoms with Gasteiger partial charge in [0, 0.05) is 11.1 Å². The molecule has 0 aliphatic heterocycles. The van der Waals surface area contributed by atoms with Gasteiger partial charge in [-0.25, -0.2) is 0 Å². The largest absolute Gasteiger partial charge is 0.293 e. The van der Waals surface area contributed by atoms with Crippen LogP contribution in [0.15, 0.2) is 60.7 Å². The van der Waals surface area contributed by atoms with Crippen molar-refractivity contribution in [2.75, 3.05) is 0 Å². The average molecular weight is 424 g/mol. The van der Waals surface area contributed by atoms with Crippen molar-refractivity contribution in [2.24, 2.45) is 0 Å². The van der Waals surface area contributed by atoms with E-state index in [1.807, 2.05) is 36.4 Å². The molecule has 0 N–H and O–H groups in total. The molecule has 0 heterocycles. The van der Waals surface area contributed by atoms with E-state index >= 15 is 0 Å². The third-order valence-electron chi connectivity index (χ3n) is 3.36. The molecule has 0 unspecified atom stereocenters. The molecule has 0 spiro atoms. The fourth-order valence-electron chi connectivity index (χ4n) is 2.12. The Morgan fingerprint density at radius 2 is 1.00 bits per heavy atom. The van der Waals surface area contributed by atoms with E-state index in [0.29, 0.717) is 24.0 Å². The number of carbonyl (C=O) groups is 2. The predicted octanol–water partition coefficient (Wildman–Crippen LogP) is 5.06. The molecule has 2 aromatic rings. The number of benzene rings is 2. The quantitative estimate of drug-likeness (QED) is 0.460. The zero-order chi connectivity index (χ0) is 15.9. The van der Waals surface area contributed by atoms with Gasteiger partial charge in [-0.05, 0) is 12.8 Å². The second kappa shape index (κ2) is 8.39. The maximum atomic E-state index is 12.2. The van der Waals surface area contributed by atoms with E-state index in [1.165, 1.54) is 0 Å². The first-order valence-electron chi connectivity index (χ1n) is 7.06. The first-order valence-corrected chi connectivity index (χ1v) is 8.89. The van der Waals surface area contributed by atoms with Gasteiger partial charge in [0.05, 0.1) is 9.65 Å². The van der Waals surface area contributed by atoms with E-state index in [-0.39, 0.29) is 21.2 Å². The van der Waals surface area contributed by atoms with Crippen LogP contribution in [0.4, 0.5) is 0 Å². The van der Waals surface area contributed by atoms with Crippen LogP contribution in [0.25, 0.3) is 0 Å². The minimum atomic E-state index is -0.279. The molecule has 2 aromatic carbocycles. The summed E-state index contributed by atoms with van der Waals surface area (Å²) in [6.07, 6.45) is 1.20. The van der Waals surface area contributed by atoms with Crippen molar-refractivity contribution in [2.45, 2.75) is 22.5 Å². The Balaban J connectivity index is 1.89. The van der Waals surface area contributed by atoms with Gasteiger partial charge in [-0.3, -0.25) is 9.59 Å². The summed E-state index contributed by atoms with van der Waals surface area (Å²) in [5, 5.41) is 0. The number of ketones is 2. The van der Waals surface area contributed by atoms with Gasteiger partial charge in [0.2, 0.25) is 0 Å². The Morgan fingerprint density at radius 1 is 0.682 bits per heavy atom. The van der Waals surface area contributed by atoms with Crippen molar-refractivity contribution < 1.29 is 9.59 Å². The molecular weight excluding hydrogens is 408 g/mol. The molecule has 0 aliphatic carbocycles. The Labute approximate surface area is 147 Å². The monoisotopic (exact) mass is 422 g/mol. The molecule has 2 atom stereocenters. The third kappa shape index (κ3) is 4.62. The molecule has 2 nitrogen and oxygen atoms in total. The lowest BCUT2D eigenvalue weighted by Crippen LogP contribution is -2.19. The SMILES string of the molecule is O=C(c1ccccc1)[C@H](Br)CC[C@@H](Br)C(=O)c1ccccc1. The van der Waals surface area contributed by atoms with Crippen LogP contribution in [0.2, 0.25) is 0 Å². The molecule has 0 amide bonds. The lowest BCUT2D eigenvalue weighted by Gasteiger charge is -2.12. The maximum absolute atomic E-state index is 12.2. The summed E-state index contributed by atoms with van der Waals surface area (Å²) in [5.41, 5.74) is 1.37. The molecule has 0 radical (unpaired) electrons. The first-order chi connectivity index (χ1) is 10.6. The molecular formula is C18H16Br2O2. The Kier molecular flexibility index (Phi) is 6.52. The molecule has 2 rings (SSSR count). The van der Waals surface area contributed by atoms with Crippen LogP contribution < -0.4 is 0 Å². The third-order valence-corrected chi connectivity index (χ3v) is 5.11. The van der Waals surface area contributed by atoms with E-state index in [2.05, 4.69) is 31.9 Å². The van der Waals surface area contributed by atoms with Gasteiger partial charge in [-0.1, -0.05) is 92.5 Å². The Morgan fingerprint density at radius 3 is 1.32 bits per heavy atom. The number of halogens is 2. The molecule has 22 heavy (non-hydrogen) atoms. The molecule has 4 heteroatoms. The van der Waals surface area contributed by atoms with Crippen molar-refractivity contribution in [3.63, 3.8) is 0 Å². The van der Waals surface area contributed by atoms with E-state index in [1.54, 1.807) is 24.3 Å². The van der Waals surface area contributed by atoms with Crippen LogP contribution in [0.5, 0.6) is 0 Å². The minimum Gasteiger partial charge on any atom is -0.293 e. The minimum absolute atomic E-state index is 0.0486. The van der Waals surface area contributed by atoms with E-state index < -0.39 is 0 Å². The van der Waals surface area contributed by atoms with Gasteiger partial charge in [0.1, 0.15) is 0 Å². The van der Waals surface area contributed by atoms with Gasteiger partial charge in [-0.15, -0.1) is 0 Å². The number of carbonyl (C=O) groups excluding carboxylic acids is 2. The molecule has 0 fully saturated rings. The zero-order valence-corrected chi connectivity index (χ0v) is 15.1. The molecule has 114 valence electrons. The smallest absolute Gasteiger partial charge is 0.176 e. The summed E-state index contributed by atoms with van der Waals surface area (Å²) < 4.78 is 0. The second-order valence-corrected chi connectivity index (χ2v) is 7.18. The fraction of sp³-hybridized carbons (Fsp3) is 0.222. The van der Waals surface area contributed by atoms with E-state index in [0.717, 1.165) is 0 Å². The highest BCUT2D eigenvalue weighted by Crippen LogP contribution is 2.21. The first kappa shape index (κ1) is 17.1. The lowest BCUT2D eigenvalue weighted by molar-refractivity contribution is 0.0965. The Hall–Kier alpha value is -1.26. The number of rotatable bonds is 7. The number of hydrogen-bond acceptors (Lipinski definition) is 2. The molecule has 0 bridgehead atoms. The van der Waals surface area contributed by atoms with Crippen LogP contribution in [-0.4, -0.2) is 21.2 Å². The molecule has 0 saturated heterocycles. The van der Waals surface area contributed by atoms with E-state index in [9.17, 15) is 9.59 Å². The van der Waals surface area contributed by atoms with Crippen LogP contribution in [0, 0.1) is 0 Å². The van der Waals surface area contributed by atoms with Crippen molar-refractivity contribution in [1.82, 2.24) is 0 Å². The van der Waals surface area contributed by atoms with Crippen LogP contribution >= 0.6 is 31.9 Å². The van der Waals surface area contributed by atoms with Gasteiger partial charge < -0.3 is 0 Å². The summed E-state index contributed by atoms with van der Waals surface area (Å²) >= 11 is 6.86. The Bertz CT molecular complexity index is 569. The number of Topliss-reactive ketones (excluding diaryl/α,β-unsaturated/α-hetero) is 2. The summed E-state index contributed by atoms with van der Waals surface area (Å²) in [6, 6.07) is 18.4. The lowest BCUT2D eigenvalue weighted by atomic mass is 10.0. The molecule has 0 aromatic heterocycles. The van der Waals surface area contributed by atoms with Crippen molar-refractivity contribution >= 4 is 43.4 Å². The maximum Gasteiger partial charge on any atom is 0.176 e. The highest BCUT2D eigenvalue weighted by Gasteiger charge is 2.21. The van der Waals surface area contributed by atoms with Crippen molar-refractivity contribution in [3.8, 4) is 0 Å². The molecule has 0 aliphatic rings. The van der Waals surface area contributed by atoms with Crippen molar-refractivity contribution in [1.29, 1.82) is 0 Å². The summed E-state index contributed by atoms with van der Waals surface area (Å²) in [5.74, 6) is 0.0971. The summed E-state index contributed by atoms with van der Waals surface area (Å²) in [4.78, 5) is 23.9. The standard InChI is InChI=1S/C18H16Br2O2/c19-15(17(21)13-7-3-1-4-8-13)11-12-16(20)18(22)14-9-5-2-6-10-14/h1-10,15-16H,11-12H2/t15-,16-/m1/s1. The predicted molar refractivity (Wildman–Crippen MR) is 96.2 cm³/mol. The van der Waals surface area contributed by atoms with Gasteiger partial charge in [0.25, 0.3) is 0 Å². The summed E-state index contributed by atoms with van der Waals surface area (Å²) in [6.45, 7) is 0. The zero-order valence-electron chi connectivity index (χ0n) is 11.9. The van der Waals surface area contributed by atoms with Gasteiger partial charge in [-0.2, -0.15) is 0 Å². The number of alkyl halides is 2. The second-order valence-electron chi connectivity index (χ2n) is 4.97. The van der Waals surface area contributed by atoms with Crippen molar-refractivity contribution in [3.05, 3.63) is 71.8 Å². The molecule has 0 saturated carbocycles. The van der Waals surface area contributed by atoms with Crippen LogP contribution in [0.3, 0.4) is 0 Å². The van der Waals surface area contributed by atoms with E-state index in [4.69, 9.17) is 0 Å². The number of hydrogen-bond donors (Lipinski definition) is 0. The highest BCUT2D eigenvalue weighted by atomic mass is 79.9. The van der Waals surface area contributed by atoms with Crippen LogP contribution in [0.1, 0.15) is 33.6 Å². The summed E-state index contributed by atoms with van der Waals surface area (Å²) in [7, 11) is 0.